The zero-order valence-corrected chi connectivity index (χ0v) is 15.8. The van der Waals surface area contributed by atoms with Crippen molar-refractivity contribution < 1.29 is 14.3 Å². The summed E-state index contributed by atoms with van der Waals surface area (Å²) in [4.78, 5) is 19.2. The van der Waals surface area contributed by atoms with Crippen LogP contribution in [0.15, 0.2) is 23.6 Å². The minimum atomic E-state index is -0.00346. The van der Waals surface area contributed by atoms with Gasteiger partial charge in [-0.1, -0.05) is 25.3 Å². The lowest BCUT2D eigenvalue weighted by Crippen LogP contribution is -2.38. The number of aromatic nitrogens is 1. The van der Waals surface area contributed by atoms with E-state index in [1.807, 2.05) is 35.5 Å². The quantitative estimate of drug-likeness (QED) is 0.800. The largest absolute Gasteiger partial charge is 0.493 e. The van der Waals surface area contributed by atoms with E-state index >= 15 is 0 Å². The smallest absolute Gasteiger partial charge is 0.273 e. The van der Waals surface area contributed by atoms with Crippen LogP contribution in [-0.4, -0.2) is 43.1 Å². The highest BCUT2D eigenvalue weighted by molar-refractivity contribution is 7.13. The maximum absolute atomic E-state index is 12.8. The van der Waals surface area contributed by atoms with Gasteiger partial charge in [-0.2, -0.15) is 0 Å². The highest BCUT2D eigenvalue weighted by Gasteiger charge is 2.25. The van der Waals surface area contributed by atoms with Crippen molar-refractivity contribution in [3.05, 3.63) is 29.3 Å². The van der Waals surface area contributed by atoms with Gasteiger partial charge < -0.3 is 14.4 Å². The lowest BCUT2D eigenvalue weighted by atomic mass is 9.94. The maximum atomic E-state index is 12.8. The minimum absolute atomic E-state index is 0.00346. The standard InChI is InChI=1S/C19H24N2O3S/c1-21(13-8-5-4-6-9-13)19(22)15-12-25-18(20-15)14-10-7-11-16(23-2)17(14)24-3/h7,10-13H,4-6,8-9H2,1-3H3. The molecule has 1 aliphatic rings. The van der Waals surface area contributed by atoms with Gasteiger partial charge in [0.05, 0.1) is 19.8 Å². The first-order valence-electron chi connectivity index (χ1n) is 8.59. The number of ether oxygens (including phenoxy) is 2. The highest BCUT2D eigenvalue weighted by Crippen LogP contribution is 2.39. The Balaban J connectivity index is 1.84. The molecule has 25 heavy (non-hydrogen) atoms. The van der Waals surface area contributed by atoms with E-state index in [2.05, 4.69) is 4.98 Å². The number of hydrogen-bond acceptors (Lipinski definition) is 5. The van der Waals surface area contributed by atoms with Crippen molar-refractivity contribution in [1.29, 1.82) is 0 Å². The van der Waals surface area contributed by atoms with Gasteiger partial charge in [-0.15, -0.1) is 11.3 Å². The van der Waals surface area contributed by atoms with Crippen LogP contribution in [0.25, 0.3) is 10.6 Å². The van der Waals surface area contributed by atoms with E-state index in [1.165, 1.54) is 30.6 Å². The summed E-state index contributed by atoms with van der Waals surface area (Å²) < 4.78 is 10.8. The Morgan fingerprint density at radius 3 is 2.64 bits per heavy atom. The summed E-state index contributed by atoms with van der Waals surface area (Å²) in [6, 6.07) is 6.00. The van der Waals surface area contributed by atoms with Crippen molar-refractivity contribution >= 4 is 17.2 Å². The van der Waals surface area contributed by atoms with Crippen LogP contribution in [0.1, 0.15) is 42.6 Å². The molecule has 1 aromatic carbocycles. The molecule has 0 bridgehead atoms. The number of hydrogen-bond donors (Lipinski definition) is 0. The van der Waals surface area contributed by atoms with Gasteiger partial charge in [0.1, 0.15) is 10.7 Å². The lowest BCUT2D eigenvalue weighted by molar-refractivity contribution is 0.0691. The Labute approximate surface area is 152 Å². The van der Waals surface area contributed by atoms with Gasteiger partial charge in [0.25, 0.3) is 5.91 Å². The average Bonchev–Trinajstić information content (AvgIpc) is 3.16. The Morgan fingerprint density at radius 2 is 1.96 bits per heavy atom. The second kappa shape index (κ2) is 7.87. The van der Waals surface area contributed by atoms with Crippen LogP contribution in [0.5, 0.6) is 11.5 Å². The van der Waals surface area contributed by atoms with Crippen molar-refractivity contribution in [2.45, 2.75) is 38.1 Å². The summed E-state index contributed by atoms with van der Waals surface area (Å²) in [6.07, 6.45) is 5.85. The molecule has 1 heterocycles. The Hall–Kier alpha value is -2.08. The fourth-order valence-electron chi connectivity index (χ4n) is 3.37. The van der Waals surface area contributed by atoms with Crippen LogP contribution in [0.2, 0.25) is 0 Å². The molecule has 1 aromatic heterocycles. The summed E-state index contributed by atoms with van der Waals surface area (Å²) in [5, 5.41) is 2.59. The molecule has 6 heteroatoms. The number of amides is 1. The van der Waals surface area contributed by atoms with E-state index in [0.29, 0.717) is 23.2 Å². The second-order valence-corrected chi connectivity index (χ2v) is 7.14. The predicted octanol–water partition coefficient (Wildman–Crippen LogP) is 4.23. The number of para-hydroxylation sites is 1. The van der Waals surface area contributed by atoms with E-state index in [0.717, 1.165) is 23.4 Å². The van der Waals surface area contributed by atoms with Crippen LogP contribution in [0.4, 0.5) is 0 Å². The van der Waals surface area contributed by atoms with Crippen LogP contribution in [-0.2, 0) is 0 Å². The molecule has 1 saturated carbocycles. The van der Waals surface area contributed by atoms with Gasteiger partial charge in [0, 0.05) is 18.5 Å². The van der Waals surface area contributed by atoms with Gasteiger partial charge in [-0.25, -0.2) is 4.98 Å². The maximum Gasteiger partial charge on any atom is 0.273 e. The lowest BCUT2D eigenvalue weighted by Gasteiger charge is -2.30. The Kier molecular flexibility index (Phi) is 5.58. The molecule has 0 radical (unpaired) electrons. The van der Waals surface area contributed by atoms with Crippen LogP contribution < -0.4 is 9.47 Å². The van der Waals surface area contributed by atoms with Crippen molar-refractivity contribution in [2.24, 2.45) is 0 Å². The molecule has 1 aliphatic carbocycles. The van der Waals surface area contributed by atoms with Gasteiger partial charge in [-0.05, 0) is 25.0 Å². The van der Waals surface area contributed by atoms with Gasteiger partial charge in [0.2, 0.25) is 0 Å². The molecule has 0 unspecified atom stereocenters. The number of thiazole rings is 1. The first-order valence-corrected chi connectivity index (χ1v) is 9.47. The molecule has 0 N–H and O–H groups in total. The third-order valence-corrected chi connectivity index (χ3v) is 5.67. The topological polar surface area (TPSA) is 51.7 Å². The van der Waals surface area contributed by atoms with Crippen LogP contribution in [0, 0.1) is 0 Å². The SMILES string of the molecule is COc1cccc(-c2nc(C(=O)N(C)C3CCCCC3)cs2)c1OC. The number of carbonyl (C=O) groups excluding carboxylic acids is 1. The number of nitrogens with zero attached hydrogens (tertiary/aromatic N) is 2. The summed E-state index contributed by atoms with van der Waals surface area (Å²) in [6.45, 7) is 0. The summed E-state index contributed by atoms with van der Waals surface area (Å²) in [7, 11) is 5.11. The molecule has 3 rings (SSSR count). The molecule has 1 amide bonds. The van der Waals surface area contributed by atoms with Crippen LogP contribution in [0.3, 0.4) is 0 Å². The fourth-order valence-corrected chi connectivity index (χ4v) is 4.18. The normalized spacial score (nSPS) is 15.0. The number of carbonyl (C=O) groups is 1. The summed E-state index contributed by atoms with van der Waals surface area (Å²) >= 11 is 1.45. The van der Waals surface area contributed by atoms with Gasteiger partial charge >= 0.3 is 0 Å². The molecule has 0 saturated heterocycles. The Morgan fingerprint density at radius 1 is 1.20 bits per heavy atom. The van der Waals surface area contributed by atoms with E-state index < -0.39 is 0 Å². The molecule has 2 aromatic rings. The van der Waals surface area contributed by atoms with Gasteiger partial charge in [0.15, 0.2) is 11.5 Å². The summed E-state index contributed by atoms with van der Waals surface area (Å²) in [5.41, 5.74) is 1.34. The van der Waals surface area contributed by atoms with E-state index in [1.54, 1.807) is 14.2 Å². The van der Waals surface area contributed by atoms with Gasteiger partial charge in [-0.3, -0.25) is 4.79 Å². The number of benzene rings is 1. The summed E-state index contributed by atoms with van der Waals surface area (Å²) in [5.74, 6) is 1.29. The second-order valence-electron chi connectivity index (χ2n) is 6.29. The van der Waals surface area contributed by atoms with E-state index in [9.17, 15) is 4.79 Å². The van der Waals surface area contributed by atoms with Crippen molar-refractivity contribution in [3.63, 3.8) is 0 Å². The molecular weight excluding hydrogens is 336 g/mol. The predicted molar refractivity (Wildman–Crippen MR) is 99.6 cm³/mol. The highest BCUT2D eigenvalue weighted by atomic mass is 32.1. The third kappa shape index (κ3) is 3.63. The number of methoxy groups -OCH3 is 2. The monoisotopic (exact) mass is 360 g/mol. The third-order valence-electron chi connectivity index (χ3n) is 4.80. The molecule has 134 valence electrons. The molecular formula is C19H24N2O3S. The fraction of sp³-hybridized carbons (Fsp3) is 0.474. The first-order chi connectivity index (χ1) is 12.2. The molecule has 1 fully saturated rings. The van der Waals surface area contributed by atoms with E-state index in [-0.39, 0.29) is 5.91 Å². The zero-order valence-electron chi connectivity index (χ0n) is 14.9. The molecule has 5 nitrogen and oxygen atoms in total. The number of rotatable bonds is 5. The zero-order chi connectivity index (χ0) is 17.8. The molecule has 0 aliphatic heterocycles. The van der Waals surface area contributed by atoms with Crippen molar-refractivity contribution in [2.75, 3.05) is 21.3 Å². The molecule has 0 atom stereocenters. The molecule has 0 spiro atoms. The first kappa shape index (κ1) is 17.7. The minimum Gasteiger partial charge on any atom is -0.493 e. The van der Waals surface area contributed by atoms with E-state index in [4.69, 9.17) is 9.47 Å². The van der Waals surface area contributed by atoms with Crippen LogP contribution >= 0.6 is 11.3 Å². The average molecular weight is 360 g/mol. The Bertz CT molecular complexity index is 738. The van der Waals surface area contributed by atoms with Crippen molar-refractivity contribution in [3.8, 4) is 22.1 Å². The van der Waals surface area contributed by atoms with Crippen molar-refractivity contribution in [1.82, 2.24) is 9.88 Å².